The van der Waals surface area contributed by atoms with E-state index in [0.717, 1.165) is 27.9 Å². The van der Waals surface area contributed by atoms with Gasteiger partial charge in [0.15, 0.2) is 15.9 Å². The lowest BCUT2D eigenvalue weighted by atomic mass is 10.0. The molecule has 2 heterocycles. The van der Waals surface area contributed by atoms with Crippen molar-refractivity contribution in [3.8, 4) is 28.0 Å². The summed E-state index contributed by atoms with van der Waals surface area (Å²) in [7, 11) is -4.61. The molecule has 0 saturated heterocycles. The van der Waals surface area contributed by atoms with Gasteiger partial charge < -0.3 is 18.6 Å². The summed E-state index contributed by atoms with van der Waals surface area (Å²) in [6.45, 7) is 2.61. The summed E-state index contributed by atoms with van der Waals surface area (Å²) in [5.74, 6) is 0.596. The van der Waals surface area contributed by atoms with Crippen LogP contribution < -0.4 is 14.2 Å². The van der Waals surface area contributed by atoms with Crippen molar-refractivity contribution in [3.05, 3.63) is 109 Å². The van der Waals surface area contributed by atoms with E-state index >= 15 is 0 Å². The van der Waals surface area contributed by atoms with Crippen molar-refractivity contribution < 1.29 is 26.7 Å². The summed E-state index contributed by atoms with van der Waals surface area (Å²) in [4.78, 5) is 1.99. The smallest absolute Gasteiger partial charge is 0.380 e. The van der Waals surface area contributed by atoms with Gasteiger partial charge in [0.1, 0.15) is 6.08 Å². The van der Waals surface area contributed by atoms with Gasteiger partial charge in [-0.2, -0.15) is 0 Å². The van der Waals surface area contributed by atoms with E-state index in [0.29, 0.717) is 29.3 Å². The number of hydrogen-bond donors (Lipinski definition) is 0. The molecule has 4 aromatic carbocycles. The second-order valence-electron chi connectivity index (χ2n) is 8.98. The summed E-state index contributed by atoms with van der Waals surface area (Å²) in [5.41, 5.74) is 5.85. The third-order valence-electron chi connectivity index (χ3n) is 6.53. The van der Waals surface area contributed by atoms with E-state index in [-0.39, 0.29) is 5.89 Å². The zero-order valence-electron chi connectivity index (χ0n) is 20.6. The predicted molar refractivity (Wildman–Crippen MR) is 145 cm³/mol. The van der Waals surface area contributed by atoms with Crippen molar-refractivity contribution in [2.45, 2.75) is 12.8 Å². The number of oxazole rings is 1. The fourth-order valence-corrected chi connectivity index (χ4v) is 5.34. The predicted octanol–water partition coefficient (Wildman–Crippen LogP) is 5.77. The summed E-state index contributed by atoms with van der Waals surface area (Å²) < 4.78 is 49.2. The zero-order chi connectivity index (χ0) is 26.3. The summed E-state index contributed by atoms with van der Waals surface area (Å²) >= 11 is 0. The van der Waals surface area contributed by atoms with Crippen LogP contribution in [0.15, 0.2) is 107 Å². The van der Waals surface area contributed by atoms with Gasteiger partial charge in [-0.1, -0.05) is 72.8 Å². The molecule has 0 unspecified atom stereocenters. The van der Waals surface area contributed by atoms with Crippen LogP contribution in [0.5, 0.6) is 5.75 Å². The lowest BCUT2D eigenvalue weighted by Gasteiger charge is -2.15. The number of fused-ring (bicyclic) bond motifs is 2. The Labute approximate surface area is 220 Å². The minimum atomic E-state index is -4.61. The number of rotatable bonds is 6. The maximum atomic E-state index is 11.9. The van der Waals surface area contributed by atoms with Gasteiger partial charge in [-0.25, -0.2) is 8.42 Å². The maximum Gasteiger partial charge on any atom is 0.380 e. The minimum Gasteiger partial charge on any atom is -0.743 e. The van der Waals surface area contributed by atoms with E-state index in [1.165, 1.54) is 4.57 Å². The molecular formula is C30H24N2O5S. The lowest BCUT2D eigenvalue weighted by molar-refractivity contribution is -0.658. The standard InChI is InChI=1S/C30H24N2O5S/c1-2-31-25-17-23(21-9-5-3-6-10-21)13-15-27(25)36-29(31)19-30-32(20-38(33,34)35)26-18-24(14-16-28(26)37-30)22-11-7-4-8-12-22/h3-19H,2,20H2,1H3. The van der Waals surface area contributed by atoms with Crippen LogP contribution in [0.3, 0.4) is 0 Å². The van der Waals surface area contributed by atoms with E-state index in [2.05, 4.69) is 18.2 Å². The Morgan fingerprint density at radius 2 is 1.47 bits per heavy atom. The Morgan fingerprint density at radius 1 is 0.842 bits per heavy atom. The first-order valence-corrected chi connectivity index (χ1v) is 13.8. The molecule has 0 aliphatic carbocycles. The molecule has 7 nitrogen and oxygen atoms in total. The average molecular weight is 525 g/mol. The monoisotopic (exact) mass is 524 g/mol. The molecule has 0 spiro atoms. The topological polar surface area (TPSA) is 86.7 Å². The van der Waals surface area contributed by atoms with Crippen LogP contribution in [-0.4, -0.2) is 19.5 Å². The van der Waals surface area contributed by atoms with Gasteiger partial charge in [-0.15, -0.1) is 4.57 Å². The van der Waals surface area contributed by atoms with E-state index in [9.17, 15) is 13.0 Å². The zero-order valence-corrected chi connectivity index (χ0v) is 21.4. The van der Waals surface area contributed by atoms with Crippen molar-refractivity contribution >= 4 is 33.0 Å². The van der Waals surface area contributed by atoms with Gasteiger partial charge in [0.25, 0.3) is 5.52 Å². The van der Waals surface area contributed by atoms with E-state index < -0.39 is 16.0 Å². The second-order valence-corrected chi connectivity index (χ2v) is 10.4. The minimum absolute atomic E-state index is 0.203. The molecule has 1 aliphatic rings. The number of aromatic nitrogens is 1. The molecule has 0 atom stereocenters. The Hall–Kier alpha value is -4.40. The van der Waals surface area contributed by atoms with E-state index in [4.69, 9.17) is 9.15 Å². The van der Waals surface area contributed by atoms with Crippen molar-refractivity contribution in [2.24, 2.45) is 0 Å². The highest BCUT2D eigenvalue weighted by molar-refractivity contribution is 7.84. The molecule has 0 radical (unpaired) electrons. The van der Waals surface area contributed by atoms with Crippen molar-refractivity contribution in [1.29, 1.82) is 0 Å². The van der Waals surface area contributed by atoms with E-state index in [1.807, 2.05) is 84.6 Å². The highest BCUT2D eigenvalue weighted by Crippen LogP contribution is 2.42. The van der Waals surface area contributed by atoms with Crippen LogP contribution in [0.4, 0.5) is 5.69 Å². The van der Waals surface area contributed by atoms with Crippen molar-refractivity contribution in [3.63, 3.8) is 0 Å². The van der Waals surface area contributed by atoms with Gasteiger partial charge in [0.05, 0.1) is 5.69 Å². The molecule has 0 N–H and O–H groups in total. The molecule has 0 fully saturated rings. The first-order valence-electron chi connectivity index (χ1n) is 12.2. The molecule has 38 heavy (non-hydrogen) atoms. The largest absolute Gasteiger partial charge is 0.743 e. The lowest BCUT2D eigenvalue weighted by Crippen LogP contribution is -2.39. The first kappa shape index (κ1) is 24.0. The Morgan fingerprint density at radius 3 is 2.11 bits per heavy atom. The number of anilines is 1. The molecule has 0 saturated carbocycles. The van der Waals surface area contributed by atoms with Crippen LogP contribution in [0, 0.1) is 0 Å². The molecule has 190 valence electrons. The van der Waals surface area contributed by atoms with Gasteiger partial charge in [0.2, 0.25) is 17.3 Å². The Kier molecular flexibility index (Phi) is 5.98. The molecule has 5 aromatic rings. The third kappa shape index (κ3) is 4.55. The quantitative estimate of drug-likeness (QED) is 0.207. The Balaban J connectivity index is 1.44. The molecule has 1 aliphatic heterocycles. The van der Waals surface area contributed by atoms with Gasteiger partial charge in [-0.3, -0.25) is 0 Å². The van der Waals surface area contributed by atoms with Crippen molar-refractivity contribution in [2.75, 3.05) is 11.4 Å². The third-order valence-corrected chi connectivity index (χ3v) is 7.10. The van der Waals surface area contributed by atoms with Crippen LogP contribution in [-0.2, 0) is 16.0 Å². The van der Waals surface area contributed by atoms with Crippen LogP contribution in [0.1, 0.15) is 12.8 Å². The summed E-state index contributed by atoms with van der Waals surface area (Å²) in [5, 5.41) is 0. The number of hydrogen-bond acceptors (Lipinski definition) is 6. The van der Waals surface area contributed by atoms with Crippen molar-refractivity contribution in [1.82, 2.24) is 0 Å². The van der Waals surface area contributed by atoms with E-state index in [1.54, 1.807) is 12.1 Å². The molecular weight excluding hydrogens is 500 g/mol. The SMILES string of the molecule is CCN1C(=Cc2oc3ccc(-c4ccccc4)cc3[n+]2CS(=O)(=O)[O-])Oc2ccc(-c3ccccc3)cc21. The van der Waals surface area contributed by atoms with Crippen LogP contribution in [0.2, 0.25) is 0 Å². The molecule has 0 amide bonds. The van der Waals surface area contributed by atoms with Gasteiger partial charge >= 0.3 is 5.89 Å². The summed E-state index contributed by atoms with van der Waals surface area (Å²) in [6, 6.07) is 31.3. The number of nitrogens with zero attached hydrogens (tertiary/aromatic N) is 2. The molecule has 0 bridgehead atoms. The molecule has 6 rings (SSSR count). The number of ether oxygens (including phenoxy) is 1. The maximum absolute atomic E-state index is 11.9. The first-order chi connectivity index (χ1) is 18.4. The van der Waals surface area contributed by atoms with Crippen LogP contribution in [0.25, 0.3) is 39.4 Å². The summed E-state index contributed by atoms with van der Waals surface area (Å²) in [6.07, 6.45) is 1.64. The average Bonchev–Trinajstić information content (AvgIpc) is 3.44. The van der Waals surface area contributed by atoms with Crippen LogP contribution >= 0.6 is 0 Å². The fourth-order valence-electron chi connectivity index (χ4n) is 4.76. The highest BCUT2D eigenvalue weighted by Gasteiger charge is 2.30. The molecule has 1 aromatic heterocycles. The van der Waals surface area contributed by atoms with Gasteiger partial charge in [0, 0.05) is 12.6 Å². The normalized spacial score (nSPS) is 14.2. The Bertz CT molecular complexity index is 1780. The fraction of sp³-hybridized carbons (Fsp3) is 0.100. The second kappa shape index (κ2) is 9.48. The number of benzene rings is 4. The molecule has 8 heteroatoms. The highest BCUT2D eigenvalue weighted by atomic mass is 32.2. The van der Waals surface area contributed by atoms with Gasteiger partial charge in [-0.05, 0) is 47.4 Å².